The van der Waals surface area contributed by atoms with E-state index in [1.54, 1.807) is 7.11 Å². The lowest BCUT2D eigenvalue weighted by atomic mass is 10.1. The molecule has 0 amide bonds. The van der Waals surface area contributed by atoms with Gasteiger partial charge in [-0.3, -0.25) is 9.69 Å². The van der Waals surface area contributed by atoms with Gasteiger partial charge in [-0.2, -0.15) is 0 Å². The van der Waals surface area contributed by atoms with Gasteiger partial charge in [0.25, 0.3) is 0 Å². The topological polar surface area (TPSA) is 48.0 Å². The summed E-state index contributed by atoms with van der Waals surface area (Å²) in [6, 6.07) is 17.2. The maximum absolute atomic E-state index is 12.5. The Morgan fingerprint density at radius 3 is 2.60 bits per heavy atom. The van der Waals surface area contributed by atoms with Crippen molar-refractivity contribution < 1.29 is 19.0 Å². The zero-order valence-corrected chi connectivity index (χ0v) is 14.4. The van der Waals surface area contributed by atoms with Crippen LogP contribution in [0.3, 0.4) is 0 Å². The van der Waals surface area contributed by atoms with Crippen molar-refractivity contribution in [3.05, 3.63) is 65.7 Å². The van der Waals surface area contributed by atoms with Gasteiger partial charge in [0.15, 0.2) is 0 Å². The molecule has 0 aromatic heterocycles. The molecule has 2 aromatic rings. The molecule has 0 bridgehead atoms. The first-order valence-electron chi connectivity index (χ1n) is 8.41. The van der Waals surface area contributed by atoms with Crippen molar-refractivity contribution in [3.63, 3.8) is 0 Å². The average Bonchev–Trinajstić information content (AvgIpc) is 2.68. The number of carbonyl (C=O) groups is 1. The smallest absolute Gasteiger partial charge is 0.326 e. The second-order valence-electron chi connectivity index (χ2n) is 6.00. The van der Waals surface area contributed by atoms with Gasteiger partial charge in [0.1, 0.15) is 18.4 Å². The lowest BCUT2D eigenvalue weighted by molar-refractivity contribution is -0.158. The second-order valence-corrected chi connectivity index (χ2v) is 6.00. The predicted molar refractivity (Wildman–Crippen MR) is 94.2 cm³/mol. The molecular formula is C20H23NO4. The van der Waals surface area contributed by atoms with E-state index in [0.29, 0.717) is 26.3 Å². The summed E-state index contributed by atoms with van der Waals surface area (Å²) < 4.78 is 16.2. The van der Waals surface area contributed by atoms with Crippen LogP contribution in [0.1, 0.15) is 11.1 Å². The van der Waals surface area contributed by atoms with Gasteiger partial charge in [0.05, 0.1) is 20.3 Å². The lowest BCUT2D eigenvalue weighted by Crippen LogP contribution is -2.50. The van der Waals surface area contributed by atoms with Crippen molar-refractivity contribution in [1.82, 2.24) is 4.90 Å². The average molecular weight is 341 g/mol. The van der Waals surface area contributed by atoms with Crippen LogP contribution in [0, 0.1) is 0 Å². The molecule has 0 radical (unpaired) electrons. The van der Waals surface area contributed by atoms with Gasteiger partial charge in [-0.1, -0.05) is 42.5 Å². The molecule has 1 saturated heterocycles. The quantitative estimate of drug-likeness (QED) is 0.756. The third-order valence-electron chi connectivity index (χ3n) is 4.28. The minimum absolute atomic E-state index is 0.239. The number of carbonyl (C=O) groups excluding carboxylic acids is 1. The monoisotopic (exact) mass is 341 g/mol. The van der Waals surface area contributed by atoms with Crippen molar-refractivity contribution in [1.29, 1.82) is 0 Å². The maximum atomic E-state index is 12.5. The van der Waals surface area contributed by atoms with E-state index in [4.69, 9.17) is 14.2 Å². The molecule has 5 heteroatoms. The van der Waals surface area contributed by atoms with Gasteiger partial charge in [-0.05, 0) is 23.3 Å². The molecular weight excluding hydrogens is 318 g/mol. The van der Waals surface area contributed by atoms with E-state index in [0.717, 1.165) is 16.9 Å². The first-order chi connectivity index (χ1) is 12.3. The number of methoxy groups -OCH3 is 1. The van der Waals surface area contributed by atoms with Crippen LogP contribution in [0.25, 0.3) is 0 Å². The van der Waals surface area contributed by atoms with Crippen LogP contribution in [0.15, 0.2) is 54.6 Å². The molecule has 2 aromatic carbocycles. The Kier molecular flexibility index (Phi) is 6.04. The molecule has 132 valence electrons. The standard InChI is InChI=1S/C20H23NO4/c1-23-18-9-7-16(8-10-18)13-21-11-12-24-15-19(21)20(22)25-14-17-5-3-2-4-6-17/h2-10,19H,11-15H2,1H3/t19-/m0/s1. The number of nitrogens with zero attached hydrogens (tertiary/aromatic N) is 1. The Hall–Kier alpha value is -2.37. The van der Waals surface area contributed by atoms with Crippen LogP contribution in [0.5, 0.6) is 5.75 Å². The zero-order valence-electron chi connectivity index (χ0n) is 14.4. The van der Waals surface area contributed by atoms with Crippen molar-refractivity contribution in [2.45, 2.75) is 19.2 Å². The van der Waals surface area contributed by atoms with E-state index >= 15 is 0 Å². The third-order valence-corrected chi connectivity index (χ3v) is 4.28. The van der Waals surface area contributed by atoms with E-state index in [1.807, 2.05) is 54.6 Å². The zero-order chi connectivity index (χ0) is 17.5. The van der Waals surface area contributed by atoms with Crippen LogP contribution in [0.2, 0.25) is 0 Å². The van der Waals surface area contributed by atoms with Crippen molar-refractivity contribution >= 4 is 5.97 Å². The van der Waals surface area contributed by atoms with Crippen LogP contribution < -0.4 is 4.74 Å². The number of ether oxygens (including phenoxy) is 3. The van der Waals surface area contributed by atoms with Gasteiger partial charge in [0, 0.05) is 13.1 Å². The fraction of sp³-hybridized carbons (Fsp3) is 0.350. The van der Waals surface area contributed by atoms with Crippen molar-refractivity contribution in [3.8, 4) is 5.75 Å². The molecule has 25 heavy (non-hydrogen) atoms. The Morgan fingerprint density at radius 2 is 1.88 bits per heavy atom. The molecule has 1 heterocycles. The second kappa shape index (κ2) is 8.65. The molecule has 0 aliphatic carbocycles. The summed E-state index contributed by atoms with van der Waals surface area (Å²) >= 11 is 0. The Morgan fingerprint density at radius 1 is 1.12 bits per heavy atom. The molecule has 0 unspecified atom stereocenters. The summed E-state index contributed by atoms with van der Waals surface area (Å²) in [4.78, 5) is 14.6. The first kappa shape index (κ1) is 17.5. The number of hydrogen-bond donors (Lipinski definition) is 0. The third kappa shape index (κ3) is 4.81. The fourth-order valence-corrected chi connectivity index (χ4v) is 2.83. The van der Waals surface area contributed by atoms with Gasteiger partial charge in [-0.25, -0.2) is 0 Å². The molecule has 0 N–H and O–H groups in total. The van der Waals surface area contributed by atoms with E-state index in [9.17, 15) is 4.79 Å². The number of morpholine rings is 1. The van der Waals surface area contributed by atoms with Gasteiger partial charge in [-0.15, -0.1) is 0 Å². The van der Waals surface area contributed by atoms with Crippen LogP contribution in [-0.2, 0) is 27.4 Å². The Balaban J connectivity index is 1.60. The summed E-state index contributed by atoms with van der Waals surface area (Å²) in [6.07, 6.45) is 0. The van der Waals surface area contributed by atoms with Crippen LogP contribution in [-0.4, -0.2) is 43.8 Å². The minimum atomic E-state index is -0.375. The summed E-state index contributed by atoms with van der Waals surface area (Å²) in [5.74, 6) is 0.585. The maximum Gasteiger partial charge on any atom is 0.326 e. The SMILES string of the molecule is COc1ccc(CN2CCOC[C@H]2C(=O)OCc2ccccc2)cc1. The van der Waals surface area contributed by atoms with Crippen LogP contribution in [0.4, 0.5) is 0 Å². The Bertz CT molecular complexity index is 672. The normalized spacial score (nSPS) is 17.9. The Labute approximate surface area is 148 Å². The minimum Gasteiger partial charge on any atom is -0.497 e. The highest BCUT2D eigenvalue weighted by Crippen LogP contribution is 2.17. The van der Waals surface area contributed by atoms with Crippen molar-refractivity contribution in [2.24, 2.45) is 0 Å². The van der Waals surface area contributed by atoms with Gasteiger partial charge < -0.3 is 14.2 Å². The highest BCUT2D eigenvalue weighted by Gasteiger charge is 2.30. The molecule has 1 atom stereocenters. The van der Waals surface area contributed by atoms with E-state index in [-0.39, 0.29) is 18.6 Å². The summed E-state index contributed by atoms with van der Waals surface area (Å²) in [7, 11) is 1.65. The van der Waals surface area contributed by atoms with E-state index in [2.05, 4.69) is 4.90 Å². The van der Waals surface area contributed by atoms with Crippen LogP contribution >= 0.6 is 0 Å². The molecule has 1 aliphatic rings. The number of rotatable bonds is 6. The molecule has 5 nitrogen and oxygen atoms in total. The first-order valence-corrected chi connectivity index (χ1v) is 8.41. The molecule has 3 rings (SSSR count). The highest BCUT2D eigenvalue weighted by molar-refractivity contribution is 5.76. The lowest BCUT2D eigenvalue weighted by Gasteiger charge is -2.33. The molecule has 1 aliphatic heterocycles. The number of hydrogen-bond acceptors (Lipinski definition) is 5. The van der Waals surface area contributed by atoms with Gasteiger partial charge >= 0.3 is 5.97 Å². The molecule has 0 spiro atoms. The fourth-order valence-electron chi connectivity index (χ4n) is 2.83. The largest absolute Gasteiger partial charge is 0.497 e. The number of benzene rings is 2. The van der Waals surface area contributed by atoms with E-state index in [1.165, 1.54) is 0 Å². The summed E-state index contributed by atoms with van der Waals surface area (Å²) in [5, 5.41) is 0. The molecule has 0 saturated carbocycles. The summed E-state index contributed by atoms with van der Waals surface area (Å²) in [6.45, 7) is 2.66. The van der Waals surface area contributed by atoms with Gasteiger partial charge in [0.2, 0.25) is 0 Å². The number of esters is 1. The molecule has 1 fully saturated rings. The van der Waals surface area contributed by atoms with E-state index < -0.39 is 0 Å². The summed E-state index contributed by atoms with van der Waals surface area (Å²) in [5.41, 5.74) is 2.11. The predicted octanol–water partition coefficient (Wildman–Crippen LogP) is 2.64. The van der Waals surface area contributed by atoms with Crippen molar-refractivity contribution in [2.75, 3.05) is 26.9 Å². The highest BCUT2D eigenvalue weighted by atomic mass is 16.5.